The summed E-state index contributed by atoms with van der Waals surface area (Å²) in [5, 5.41) is 17.0. The number of imidazole rings is 1. The molecule has 4 unspecified atom stereocenters. The summed E-state index contributed by atoms with van der Waals surface area (Å²) in [5.74, 6) is -3.91. The molecule has 2 rings (SSSR count). The highest BCUT2D eigenvalue weighted by molar-refractivity contribution is 5.94. The number of rotatable bonds is 14. The van der Waals surface area contributed by atoms with Gasteiger partial charge in [0.15, 0.2) is 0 Å². The molecular weight excluding hydrogens is 470 g/mol. The number of aromatic amines is 1. The number of nitrogens with one attached hydrogen (secondary N) is 4. The van der Waals surface area contributed by atoms with E-state index in [1.165, 1.54) is 19.4 Å². The zero-order chi connectivity index (χ0) is 26.7. The lowest BCUT2D eigenvalue weighted by Gasteiger charge is -2.24. The SMILES string of the molecule is CC(NC(=O)C(N)CCC(N)=O)C(=O)NC(Cc1ccccc1)C(=O)NC(Cc1cnc[nH]1)C(=O)O. The average Bonchev–Trinajstić information content (AvgIpc) is 3.35. The van der Waals surface area contributed by atoms with Crippen molar-refractivity contribution < 1.29 is 29.1 Å². The second-order valence-corrected chi connectivity index (χ2v) is 8.27. The molecule has 1 heterocycles. The summed E-state index contributed by atoms with van der Waals surface area (Å²) in [6.45, 7) is 1.41. The Morgan fingerprint density at radius 3 is 2.22 bits per heavy atom. The monoisotopic (exact) mass is 501 g/mol. The zero-order valence-corrected chi connectivity index (χ0v) is 19.8. The standard InChI is InChI=1S/C23H31N7O6/c1-13(28-21(33)16(24)7-8-19(25)31)20(32)29-17(9-14-5-3-2-4-6-14)22(34)30-18(23(35)36)10-15-11-26-12-27-15/h2-6,11-13,16-18H,7-10,24H2,1H3,(H2,25,31)(H,26,27)(H,28,33)(H,29,32)(H,30,34)(H,35,36). The first-order chi connectivity index (χ1) is 17.1. The Balaban J connectivity index is 2.09. The topological polar surface area (TPSA) is 222 Å². The summed E-state index contributed by atoms with van der Waals surface area (Å²) in [6, 6.07) is 4.32. The number of carboxylic acids is 1. The van der Waals surface area contributed by atoms with Crippen molar-refractivity contribution in [2.45, 2.75) is 56.8 Å². The molecule has 0 fully saturated rings. The van der Waals surface area contributed by atoms with E-state index in [0.29, 0.717) is 5.69 Å². The van der Waals surface area contributed by atoms with Gasteiger partial charge in [-0.3, -0.25) is 19.2 Å². The van der Waals surface area contributed by atoms with Crippen LogP contribution in [-0.2, 0) is 36.8 Å². The fourth-order valence-corrected chi connectivity index (χ4v) is 3.26. The molecule has 0 bridgehead atoms. The number of carbonyl (C=O) groups is 5. The van der Waals surface area contributed by atoms with Crippen LogP contribution >= 0.6 is 0 Å². The summed E-state index contributed by atoms with van der Waals surface area (Å²) in [4.78, 5) is 67.3. The number of amides is 4. The van der Waals surface area contributed by atoms with Gasteiger partial charge in [-0.25, -0.2) is 9.78 Å². The van der Waals surface area contributed by atoms with Crippen molar-refractivity contribution in [3.8, 4) is 0 Å². The smallest absolute Gasteiger partial charge is 0.326 e. The highest BCUT2D eigenvalue weighted by Gasteiger charge is 2.29. The van der Waals surface area contributed by atoms with E-state index in [0.717, 1.165) is 5.56 Å². The number of hydrogen-bond donors (Lipinski definition) is 7. The van der Waals surface area contributed by atoms with E-state index in [1.54, 1.807) is 30.3 Å². The summed E-state index contributed by atoms with van der Waals surface area (Å²) < 4.78 is 0. The molecule has 0 spiro atoms. The maximum atomic E-state index is 13.1. The number of H-pyrrole nitrogens is 1. The van der Waals surface area contributed by atoms with Gasteiger partial charge >= 0.3 is 5.97 Å². The molecule has 4 amide bonds. The van der Waals surface area contributed by atoms with Gasteiger partial charge in [-0.05, 0) is 18.9 Å². The molecule has 13 heteroatoms. The molecule has 0 saturated heterocycles. The van der Waals surface area contributed by atoms with E-state index in [9.17, 15) is 29.1 Å². The van der Waals surface area contributed by atoms with E-state index in [4.69, 9.17) is 11.5 Å². The van der Waals surface area contributed by atoms with Gasteiger partial charge in [0.05, 0.1) is 12.4 Å². The lowest BCUT2D eigenvalue weighted by Crippen LogP contribution is -2.57. The first kappa shape index (κ1) is 28.0. The summed E-state index contributed by atoms with van der Waals surface area (Å²) in [6.07, 6.45) is 2.81. The number of primary amides is 1. The second kappa shape index (κ2) is 13.6. The van der Waals surface area contributed by atoms with Crippen molar-refractivity contribution in [3.63, 3.8) is 0 Å². The van der Waals surface area contributed by atoms with Crippen LogP contribution in [0.15, 0.2) is 42.9 Å². The van der Waals surface area contributed by atoms with Crippen LogP contribution in [0.3, 0.4) is 0 Å². The molecule has 2 aromatic rings. The Hall–Kier alpha value is -4.26. The van der Waals surface area contributed by atoms with Crippen LogP contribution in [0.5, 0.6) is 0 Å². The fraction of sp³-hybridized carbons (Fsp3) is 0.391. The maximum Gasteiger partial charge on any atom is 0.326 e. The fourth-order valence-electron chi connectivity index (χ4n) is 3.26. The number of carboxylic acid groups (broad SMARTS) is 1. The average molecular weight is 502 g/mol. The first-order valence-corrected chi connectivity index (χ1v) is 11.3. The molecule has 0 aliphatic heterocycles. The summed E-state index contributed by atoms with van der Waals surface area (Å²) in [5.41, 5.74) is 12.0. The van der Waals surface area contributed by atoms with E-state index >= 15 is 0 Å². The highest BCUT2D eigenvalue weighted by Crippen LogP contribution is 2.06. The molecule has 0 aliphatic rings. The number of nitrogens with zero attached hydrogens (tertiary/aromatic N) is 1. The normalized spacial score (nSPS) is 14.1. The van der Waals surface area contributed by atoms with Crippen LogP contribution in [0.4, 0.5) is 0 Å². The Morgan fingerprint density at radius 2 is 1.64 bits per heavy atom. The molecule has 13 nitrogen and oxygen atoms in total. The molecule has 9 N–H and O–H groups in total. The zero-order valence-electron chi connectivity index (χ0n) is 19.8. The van der Waals surface area contributed by atoms with E-state index in [2.05, 4.69) is 25.9 Å². The van der Waals surface area contributed by atoms with Crippen molar-refractivity contribution in [2.24, 2.45) is 11.5 Å². The predicted octanol–water partition coefficient (Wildman–Crippen LogP) is -1.65. The van der Waals surface area contributed by atoms with Crippen molar-refractivity contribution in [1.82, 2.24) is 25.9 Å². The van der Waals surface area contributed by atoms with Crippen LogP contribution in [-0.4, -0.2) is 68.8 Å². The van der Waals surface area contributed by atoms with Crippen LogP contribution in [0.1, 0.15) is 31.0 Å². The minimum atomic E-state index is -1.27. The number of aromatic nitrogens is 2. The molecule has 4 atom stereocenters. The van der Waals surface area contributed by atoms with Gasteiger partial charge in [0.1, 0.15) is 18.1 Å². The Kier molecular flexibility index (Phi) is 10.6. The molecule has 194 valence electrons. The number of benzene rings is 1. The molecular formula is C23H31N7O6. The predicted molar refractivity (Wildman–Crippen MR) is 128 cm³/mol. The number of aliphatic carboxylic acids is 1. The van der Waals surface area contributed by atoms with Crippen LogP contribution in [0.25, 0.3) is 0 Å². The third kappa shape index (κ3) is 9.18. The van der Waals surface area contributed by atoms with E-state index in [1.807, 2.05) is 0 Å². The van der Waals surface area contributed by atoms with Crippen LogP contribution in [0, 0.1) is 0 Å². The van der Waals surface area contributed by atoms with Gasteiger partial charge in [0.2, 0.25) is 23.6 Å². The largest absolute Gasteiger partial charge is 0.480 e. The van der Waals surface area contributed by atoms with E-state index in [-0.39, 0.29) is 25.7 Å². The quantitative estimate of drug-likeness (QED) is 0.158. The third-order valence-electron chi connectivity index (χ3n) is 5.30. The lowest BCUT2D eigenvalue weighted by molar-refractivity contribution is -0.142. The van der Waals surface area contributed by atoms with Gasteiger partial charge in [-0.1, -0.05) is 30.3 Å². The van der Waals surface area contributed by atoms with Crippen molar-refractivity contribution >= 4 is 29.6 Å². The molecule has 0 saturated carbocycles. The van der Waals surface area contributed by atoms with E-state index < -0.39 is 53.8 Å². The van der Waals surface area contributed by atoms with Gasteiger partial charge in [-0.2, -0.15) is 0 Å². The summed E-state index contributed by atoms with van der Waals surface area (Å²) in [7, 11) is 0. The molecule has 1 aromatic heterocycles. The van der Waals surface area contributed by atoms with Crippen LogP contribution < -0.4 is 27.4 Å². The Bertz CT molecular complexity index is 1040. The number of carbonyl (C=O) groups excluding carboxylic acids is 4. The molecule has 0 radical (unpaired) electrons. The van der Waals surface area contributed by atoms with Crippen LogP contribution in [0.2, 0.25) is 0 Å². The highest BCUT2D eigenvalue weighted by atomic mass is 16.4. The van der Waals surface area contributed by atoms with Gasteiger partial charge < -0.3 is 37.5 Å². The van der Waals surface area contributed by atoms with Gasteiger partial charge in [0, 0.05) is 31.2 Å². The van der Waals surface area contributed by atoms with Crippen molar-refractivity contribution in [1.29, 1.82) is 0 Å². The third-order valence-corrected chi connectivity index (χ3v) is 5.30. The lowest BCUT2D eigenvalue weighted by atomic mass is 10.0. The van der Waals surface area contributed by atoms with Gasteiger partial charge in [0.25, 0.3) is 0 Å². The minimum absolute atomic E-state index is 0.0153. The van der Waals surface area contributed by atoms with Crippen molar-refractivity contribution in [2.75, 3.05) is 0 Å². The molecule has 1 aromatic carbocycles. The Labute approximate surface area is 207 Å². The number of hydrogen-bond acceptors (Lipinski definition) is 7. The minimum Gasteiger partial charge on any atom is -0.480 e. The second-order valence-electron chi connectivity index (χ2n) is 8.27. The molecule has 36 heavy (non-hydrogen) atoms. The van der Waals surface area contributed by atoms with Crippen molar-refractivity contribution in [3.05, 3.63) is 54.1 Å². The maximum absolute atomic E-state index is 13.1. The molecule has 0 aliphatic carbocycles. The first-order valence-electron chi connectivity index (χ1n) is 11.3. The van der Waals surface area contributed by atoms with Gasteiger partial charge in [-0.15, -0.1) is 0 Å². The number of nitrogens with two attached hydrogens (primary N) is 2. The Morgan fingerprint density at radius 1 is 0.972 bits per heavy atom. The summed E-state index contributed by atoms with van der Waals surface area (Å²) >= 11 is 0.